The van der Waals surface area contributed by atoms with Gasteiger partial charge in [0, 0.05) is 35.9 Å². The summed E-state index contributed by atoms with van der Waals surface area (Å²) in [7, 11) is 0. The van der Waals surface area contributed by atoms with Gasteiger partial charge in [-0.3, -0.25) is 0 Å². The molecule has 6 nitrogen and oxygen atoms in total. The van der Waals surface area contributed by atoms with Crippen molar-refractivity contribution >= 4 is 11.9 Å². The number of aromatic hydroxyl groups is 2. The molecule has 86 valence electrons. The van der Waals surface area contributed by atoms with Gasteiger partial charge in [-0.2, -0.15) is 0 Å². The molecule has 0 unspecified atom stereocenters. The highest BCUT2D eigenvalue weighted by atomic mass is 16.4. The first-order chi connectivity index (χ1) is 7.40. The van der Waals surface area contributed by atoms with E-state index in [1.165, 1.54) is 0 Å². The Kier molecular flexibility index (Phi) is 3.34. The molecule has 0 fully saturated rings. The molecule has 0 spiro atoms. The fourth-order valence-corrected chi connectivity index (χ4v) is 1.26. The van der Waals surface area contributed by atoms with Crippen molar-refractivity contribution < 1.29 is 30.0 Å². The molecular weight excluding hydrogens is 216 g/mol. The average molecular weight is 224 g/mol. The number of rotatable bonds is 4. The molecule has 0 saturated carbocycles. The quantitative estimate of drug-likeness (QED) is 0.554. The number of phenolic OH excluding ortho intramolecular Hbond substituents is 2. The summed E-state index contributed by atoms with van der Waals surface area (Å²) < 4.78 is 0. The van der Waals surface area contributed by atoms with E-state index in [0.717, 1.165) is 12.1 Å². The summed E-state index contributed by atoms with van der Waals surface area (Å²) >= 11 is 0. The van der Waals surface area contributed by atoms with Gasteiger partial charge in [0.05, 0.1) is 0 Å². The number of hydrogen-bond acceptors (Lipinski definition) is 6. The Hall–Kier alpha value is -2.24. The first-order valence-electron chi connectivity index (χ1n) is 4.33. The highest BCUT2D eigenvalue weighted by molar-refractivity contribution is 5.72. The van der Waals surface area contributed by atoms with Gasteiger partial charge in [0.1, 0.15) is 11.5 Å². The Morgan fingerprint density at radius 3 is 1.50 bits per heavy atom. The second-order valence-corrected chi connectivity index (χ2v) is 3.21. The van der Waals surface area contributed by atoms with E-state index in [0.29, 0.717) is 0 Å². The topological polar surface area (TPSA) is 121 Å². The molecule has 1 aromatic rings. The lowest BCUT2D eigenvalue weighted by Crippen LogP contribution is -2.25. The lowest BCUT2D eigenvalue weighted by Gasteiger charge is -2.10. The van der Waals surface area contributed by atoms with Gasteiger partial charge in [-0.05, 0) is 12.1 Å². The van der Waals surface area contributed by atoms with Crippen LogP contribution >= 0.6 is 0 Å². The zero-order chi connectivity index (χ0) is 12.3. The SMILES string of the molecule is O=C([O-])Cc1cc(O)c(CC(=O)[O-])cc1O. The number of carboxylic acid groups (broad SMARTS) is 2. The summed E-state index contributed by atoms with van der Waals surface area (Å²) in [5.74, 6) is -3.64. The molecule has 0 aromatic heterocycles. The van der Waals surface area contributed by atoms with Crippen LogP contribution < -0.4 is 10.2 Å². The number of benzene rings is 1. The van der Waals surface area contributed by atoms with Crippen molar-refractivity contribution in [3.05, 3.63) is 23.3 Å². The van der Waals surface area contributed by atoms with Gasteiger partial charge in [0.15, 0.2) is 0 Å². The molecule has 0 amide bonds. The second kappa shape index (κ2) is 4.52. The van der Waals surface area contributed by atoms with Crippen molar-refractivity contribution in [2.75, 3.05) is 0 Å². The van der Waals surface area contributed by atoms with Gasteiger partial charge in [-0.25, -0.2) is 0 Å². The minimum atomic E-state index is -1.41. The maximum absolute atomic E-state index is 10.3. The van der Waals surface area contributed by atoms with Crippen molar-refractivity contribution in [1.29, 1.82) is 0 Å². The summed E-state index contributed by atoms with van der Waals surface area (Å²) in [6.07, 6.45) is -1.13. The van der Waals surface area contributed by atoms with Gasteiger partial charge >= 0.3 is 0 Å². The molecule has 0 bridgehead atoms. The molecule has 0 aliphatic heterocycles. The molecular formula is C10H8O6-2. The highest BCUT2D eigenvalue weighted by Gasteiger charge is 2.09. The smallest absolute Gasteiger partial charge is 0.119 e. The first kappa shape index (κ1) is 11.8. The number of carbonyl (C=O) groups is 2. The van der Waals surface area contributed by atoms with Crippen LogP contribution in [0.4, 0.5) is 0 Å². The van der Waals surface area contributed by atoms with Crippen molar-refractivity contribution in [2.24, 2.45) is 0 Å². The molecule has 1 aromatic carbocycles. The third-order valence-electron chi connectivity index (χ3n) is 1.95. The van der Waals surface area contributed by atoms with E-state index in [1.807, 2.05) is 0 Å². The van der Waals surface area contributed by atoms with E-state index in [4.69, 9.17) is 0 Å². The molecule has 0 aliphatic rings. The van der Waals surface area contributed by atoms with E-state index in [-0.39, 0.29) is 11.1 Å². The largest absolute Gasteiger partial charge is 0.550 e. The summed E-state index contributed by atoms with van der Waals surface area (Å²) in [5, 5.41) is 39.3. The zero-order valence-electron chi connectivity index (χ0n) is 8.10. The summed E-state index contributed by atoms with van der Waals surface area (Å²) in [5.41, 5.74) is -0.0841. The predicted octanol–water partition coefficient (Wildman–Crippen LogP) is -2.32. The van der Waals surface area contributed by atoms with Crippen LogP contribution in [0.1, 0.15) is 11.1 Å². The van der Waals surface area contributed by atoms with Gasteiger partial charge in [-0.15, -0.1) is 0 Å². The lowest BCUT2D eigenvalue weighted by atomic mass is 10.0. The van der Waals surface area contributed by atoms with Gasteiger partial charge in [0.25, 0.3) is 0 Å². The Morgan fingerprint density at radius 2 is 1.25 bits per heavy atom. The van der Waals surface area contributed by atoms with Gasteiger partial charge in [0.2, 0.25) is 0 Å². The third kappa shape index (κ3) is 2.88. The maximum atomic E-state index is 10.3. The normalized spacial score (nSPS) is 10.0. The van der Waals surface area contributed by atoms with Gasteiger partial charge < -0.3 is 30.0 Å². The van der Waals surface area contributed by atoms with E-state index in [2.05, 4.69) is 0 Å². The Morgan fingerprint density at radius 1 is 0.938 bits per heavy atom. The van der Waals surface area contributed by atoms with E-state index < -0.39 is 36.3 Å². The fourth-order valence-electron chi connectivity index (χ4n) is 1.26. The molecule has 0 heterocycles. The molecule has 0 atom stereocenters. The molecule has 0 saturated heterocycles. The van der Waals surface area contributed by atoms with E-state index >= 15 is 0 Å². The first-order valence-corrected chi connectivity index (χ1v) is 4.33. The molecule has 0 radical (unpaired) electrons. The Labute approximate surface area is 90.4 Å². The van der Waals surface area contributed by atoms with Crippen molar-refractivity contribution in [2.45, 2.75) is 12.8 Å². The molecule has 16 heavy (non-hydrogen) atoms. The standard InChI is InChI=1S/C10H10O6/c11-7-1-5(3-9(13)14)8(12)2-6(7)4-10(15)16/h1-2,11-12H,3-4H2,(H,13,14)(H,15,16)/p-2. The number of carbonyl (C=O) groups excluding carboxylic acids is 2. The summed E-state index contributed by atoms with van der Waals surface area (Å²) in [4.78, 5) is 20.6. The number of phenols is 2. The number of carboxylic acids is 2. The van der Waals surface area contributed by atoms with Crippen LogP contribution in [0.3, 0.4) is 0 Å². The van der Waals surface area contributed by atoms with Crippen LogP contribution in [-0.4, -0.2) is 22.2 Å². The summed E-state index contributed by atoms with van der Waals surface area (Å²) in [6.45, 7) is 0. The van der Waals surface area contributed by atoms with Crippen LogP contribution in [0.15, 0.2) is 12.1 Å². The summed E-state index contributed by atoms with van der Waals surface area (Å²) in [6, 6.07) is 1.98. The van der Waals surface area contributed by atoms with Crippen LogP contribution in [0.5, 0.6) is 11.5 Å². The fraction of sp³-hybridized carbons (Fsp3) is 0.200. The van der Waals surface area contributed by atoms with Crippen LogP contribution in [0, 0.1) is 0 Å². The van der Waals surface area contributed by atoms with Crippen LogP contribution in [0.2, 0.25) is 0 Å². The number of hydrogen-bond donors (Lipinski definition) is 2. The minimum Gasteiger partial charge on any atom is -0.550 e. The molecule has 0 aliphatic carbocycles. The number of aliphatic carboxylic acids is 2. The Balaban J connectivity index is 3.06. The second-order valence-electron chi connectivity index (χ2n) is 3.21. The average Bonchev–Trinajstić information content (AvgIpc) is 2.11. The highest BCUT2D eigenvalue weighted by Crippen LogP contribution is 2.27. The maximum Gasteiger partial charge on any atom is 0.119 e. The zero-order valence-corrected chi connectivity index (χ0v) is 8.10. The molecule has 1 rings (SSSR count). The predicted molar refractivity (Wildman–Crippen MR) is 47.2 cm³/mol. The van der Waals surface area contributed by atoms with E-state index in [9.17, 15) is 30.0 Å². The lowest BCUT2D eigenvalue weighted by molar-refractivity contribution is -0.306. The van der Waals surface area contributed by atoms with Crippen LogP contribution in [-0.2, 0) is 22.4 Å². The van der Waals surface area contributed by atoms with Crippen molar-refractivity contribution in [1.82, 2.24) is 0 Å². The monoisotopic (exact) mass is 224 g/mol. The van der Waals surface area contributed by atoms with Crippen LogP contribution in [0.25, 0.3) is 0 Å². The Bertz CT molecular complexity index is 395. The van der Waals surface area contributed by atoms with E-state index in [1.54, 1.807) is 0 Å². The minimum absolute atomic E-state index is 0.0420. The molecule has 6 heteroatoms. The van der Waals surface area contributed by atoms with Crippen molar-refractivity contribution in [3.63, 3.8) is 0 Å². The third-order valence-corrected chi connectivity index (χ3v) is 1.95. The van der Waals surface area contributed by atoms with Gasteiger partial charge in [-0.1, -0.05) is 0 Å². The van der Waals surface area contributed by atoms with Crippen molar-refractivity contribution in [3.8, 4) is 11.5 Å². The molecule has 2 N–H and O–H groups in total.